The summed E-state index contributed by atoms with van der Waals surface area (Å²) in [6.45, 7) is 9.84. The van der Waals surface area contributed by atoms with Gasteiger partial charge >= 0.3 is 6.03 Å². The molecule has 2 amide bonds. The van der Waals surface area contributed by atoms with Crippen molar-refractivity contribution >= 4 is 11.7 Å². The first kappa shape index (κ1) is 15.5. The van der Waals surface area contributed by atoms with Crippen LogP contribution in [0, 0.1) is 0 Å². The molecule has 0 spiro atoms. The van der Waals surface area contributed by atoms with Gasteiger partial charge in [-0.15, -0.1) is 0 Å². The number of hydrogen-bond donors (Lipinski definition) is 3. The van der Waals surface area contributed by atoms with E-state index in [1.165, 1.54) is 5.56 Å². The maximum Gasteiger partial charge on any atom is 0.319 e. The van der Waals surface area contributed by atoms with E-state index in [0.29, 0.717) is 0 Å². The Morgan fingerprint density at radius 1 is 1.11 bits per heavy atom. The van der Waals surface area contributed by atoms with E-state index in [2.05, 4.69) is 31.4 Å². The molecular weight excluding hydrogens is 240 g/mol. The highest BCUT2D eigenvalue weighted by Crippen LogP contribution is 2.23. The van der Waals surface area contributed by atoms with E-state index < -0.39 is 5.54 Å². The fraction of sp³-hybridized carbons (Fsp3) is 0.533. The molecule has 0 aliphatic rings. The number of anilines is 1. The van der Waals surface area contributed by atoms with Crippen LogP contribution in [0.5, 0.6) is 0 Å². The average Bonchev–Trinajstić information content (AvgIpc) is 2.27. The van der Waals surface area contributed by atoms with E-state index in [1.807, 2.05) is 24.3 Å². The van der Waals surface area contributed by atoms with Crippen molar-refractivity contribution < 1.29 is 9.90 Å². The lowest BCUT2D eigenvalue weighted by molar-refractivity contribution is 0.187. The maximum atomic E-state index is 11.7. The molecule has 1 rings (SSSR count). The predicted octanol–water partition coefficient (Wildman–Crippen LogP) is 2.88. The average molecular weight is 264 g/mol. The molecule has 0 heterocycles. The zero-order valence-electron chi connectivity index (χ0n) is 12.4. The molecule has 0 aromatic heterocycles. The van der Waals surface area contributed by atoms with Gasteiger partial charge in [0.2, 0.25) is 0 Å². The smallest absolute Gasteiger partial charge is 0.319 e. The lowest BCUT2D eigenvalue weighted by atomic mass is 9.87. The third kappa shape index (κ3) is 4.91. The molecule has 1 aromatic rings. The highest BCUT2D eigenvalue weighted by Gasteiger charge is 2.19. The Labute approximate surface area is 115 Å². The van der Waals surface area contributed by atoms with Gasteiger partial charge in [-0.05, 0) is 37.0 Å². The summed E-state index contributed by atoms with van der Waals surface area (Å²) in [7, 11) is 0. The SMILES string of the molecule is CC(C)(CO)NC(=O)Nc1ccc(C(C)(C)C)cc1. The molecule has 0 aliphatic heterocycles. The lowest BCUT2D eigenvalue weighted by Gasteiger charge is -2.24. The molecule has 0 aliphatic carbocycles. The summed E-state index contributed by atoms with van der Waals surface area (Å²) in [5.41, 5.74) is 1.42. The molecule has 0 unspecified atom stereocenters. The standard InChI is InChI=1S/C15H24N2O2/c1-14(2,3)11-6-8-12(9-7-11)16-13(19)17-15(4,5)10-18/h6-9,18H,10H2,1-5H3,(H2,16,17,19). The highest BCUT2D eigenvalue weighted by molar-refractivity contribution is 5.89. The number of aliphatic hydroxyl groups excluding tert-OH is 1. The summed E-state index contributed by atoms with van der Waals surface area (Å²) < 4.78 is 0. The Kier molecular flexibility index (Phi) is 4.58. The van der Waals surface area contributed by atoms with Gasteiger partial charge in [-0.2, -0.15) is 0 Å². The van der Waals surface area contributed by atoms with Crippen LogP contribution < -0.4 is 10.6 Å². The molecule has 106 valence electrons. The maximum absolute atomic E-state index is 11.7. The van der Waals surface area contributed by atoms with E-state index >= 15 is 0 Å². The molecule has 0 atom stereocenters. The predicted molar refractivity (Wildman–Crippen MR) is 78.5 cm³/mol. The summed E-state index contributed by atoms with van der Waals surface area (Å²) in [6.07, 6.45) is 0. The van der Waals surface area contributed by atoms with Crippen molar-refractivity contribution in [3.05, 3.63) is 29.8 Å². The second kappa shape index (κ2) is 5.61. The third-order valence-electron chi connectivity index (χ3n) is 2.86. The van der Waals surface area contributed by atoms with Crippen LogP contribution in [-0.2, 0) is 5.41 Å². The molecule has 0 radical (unpaired) electrons. The minimum Gasteiger partial charge on any atom is -0.394 e. The van der Waals surface area contributed by atoms with Gasteiger partial charge in [-0.25, -0.2) is 4.79 Å². The van der Waals surface area contributed by atoms with Crippen molar-refractivity contribution in [1.29, 1.82) is 0 Å². The molecule has 1 aromatic carbocycles. The molecular formula is C15H24N2O2. The summed E-state index contributed by atoms with van der Waals surface area (Å²) in [6, 6.07) is 7.46. The number of carbonyl (C=O) groups is 1. The fourth-order valence-corrected chi connectivity index (χ4v) is 1.56. The van der Waals surface area contributed by atoms with Gasteiger partial charge in [0, 0.05) is 5.69 Å². The van der Waals surface area contributed by atoms with Crippen LogP contribution >= 0.6 is 0 Å². The summed E-state index contributed by atoms with van der Waals surface area (Å²) >= 11 is 0. The summed E-state index contributed by atoms with van der Waals surface area (Å²) in [4.78, 5) is 11.7. The molecule has 4 heteroatoms. The van der Waals surface area contributed by atoms with Crippen LogP contribution in [0.2, 0.25) is 0 Å². The van der Waals surface area contributed by atoms with Crippen molar-refractivity contribution in [3.8, 4) is 0 Å². The number of nitrogens with one attached hydrogen (secondary N) is 2. The summed E-state index contributed by atoms with van der Waals surface area (Å²) in [5, 5.41) is 14.5. The van der Waals surface area contributed by atoms with Crippen molar-refractivity contribution in [2.75, 3.05) is 11.9 Å². The molecule has 0 bridgehead atoms. The van der Waals surface area contributed by atoms with Crippen molar-refractivity contribution in [1.82, 2.24) is 5.32 Å². The van der Waals surface area contributed by atoms with Crippen molar-refractivity contribution in [3.63, 3.8) is 0 Å². The Morgan fingerprint density at radius 2 is 1.63 bits per heavy atom. The van der Waals surface area contributed by atoms with Crippen LogP contribution in [0.15, 0.2) is 24.3 Å². The van der Waals surface area contributed by atoms with E-state index in [9.17, 15) is 4.79 Å². The van der Waals surface area contributed by atoms with E-state index in [4.69, 9.17) is 5.11 Å². The zero-order chi connectivity index (χ0) is 14.7. The van der Waals surface area contributed by atoms with Crippen molar-refractivity contribution in [2.45, 2.75) is 45.6 Å². The van der Waals surface area contributed by atoms with Crippen molar-refractivity contribution in [2.24, 2.45) is 0 Å². The number of urea groups is 1. The largest absolute Gasteiger partial charge is 0.394 e. The van der Waals surface area contributed by atoms with Gasteiger partial charge in [0.1, 0.15) is 0 Å². The lowest BCUT2D eigenvalue weighted by Crippen LogP contribution is -2.48. The number of carbonyl (C=O) groups excluding carboxylic acids is 1. The number of rotatable bonds is 3. The Balaban J connectivity index is 2.66. The minimum absolute atomic E-state index is 0.0969. The number of amides is 2. The number of hydrogen-bond acceptors (Lipinski definition) is 2. The Morgan fingerprint density at radius 3 is 2.05 bits per heavy atom. The molecule has 0 saturated heterocycles. The second-order valence-electron chi connectivity index (χ2n) is 6.45. The van der Waals surface area contributed by atoms with Crippen LogP contribution in [-0.4, -0.2) is 23.3 Å². The van der Waals surface area contributed by atoms with Crippen LogP contribution in [0.25, 0.3) is 0 Å². The van der Waals surface area contributed by atoms with Crippen LogP contribution in [0.3, 0.4) is 0 Å². The molecule has 0 fully saturated rings. The third-order valence-corrected chi connectivity index (χ3v) is 2.86. The van der Waals surface area contributed by atoms with Gasteiger partial charge in [0.25, 0.3) is 0 Å². The molecule has 3 N–H and O–H groups in total. The van der Waals surface area contributed by atoms with E-state index in [-0.39, 0.29) is 18.1 Å². The highest BCUT2D eigenvalue weighted by atomic mass is 16.3. The first-order chi connectivity index (χ1) is 8.64. The zero-order valence-corrected chi connectivity index (χ0v) is 12.4. The second-order valence-corrected chi connectivity index (χ2v) is 6.45. The van der Waals surface area contributed by atoms with Gasteiger partial charge in [0.05, 0.1) is 12.1 Å². The molecule has 0 saturated carbocycles. The quantitative estimate of drug-likeness (QED) is 0.786. The summed E-state index contributed by atoms with van der Waals surface area (Å²) in [5.74, 6) is 0. The van der Waals surface area contributed by atoms with E-state index in [0.717, 1.165) is 5.69 Å². The minimum atomic E-state index is -0.630. The monoisotopic (exact) mass is 264 g/mol. The normalized spacial score (nSPS) is 12.1. The Bertz CT molecular complexity index is 430. The van der Waals surface area contributed by atoms with E-state index in [1.54, 1.807) is 13.8 Å². The fourth-order valence-electron chi connectivity index (χ4n) is 1.56. The molecule has 4 nitrogen and oxygen atoms in total. The van der Waals surface area contributed by atoms with Gasteiger partial charge in [-0.1, -0.05) is 32.9 Å². The Hall–Kier alpha value is -1.55. The van der Waals surface area contributed by atoms with Gasteiger partial charge < -0.3 is 15.7 Å². The van der Waals surface area contributed by atoms with Gasteiger partial charge in [0.15, 0.2) is 0 Å². The molecule has 19 heavy (non-hydrogen) atoms. The topological polar surface area (TPSA) is 61.4 Å². The number of benzene rings is 1. The number of aliphatic hydroxyl groups is 1. The first-order valence-corrected chi connectivity index (χ1v) is 6.45. The van der Waals surface area contributed by atoms with Crippen LogP contribution in [0.1, 0.15) is 40.2 Å². The first-order valence-electron chi connectivity index (χ1n) is 6.45. The van der Waals surface area contributed by atoms with Gasteiger partial charge in [-0.3, -0.25) is 0 Å². The van der Waals surface area contributed by atoms with Crippen LogP contribution in [0.4, 0.5) is 10.5 Å².